The molecule has 0 unspecified atom stereocenters. The maximum atomic E-state index is 6.13. The van der Waals surface area contributed by atoms with E-state index in [0.717, 1.165) is 18.8 Å². The monoisotopic (exact) mass is 264 g/mol. The second kappa shape index (κ2) is 5.96. The molecule has 0 aliphatic heterocycles. The Labute approximate surface area is 120 Å². The smallest absolute Gasteiger partial charge is 0.134 e. The molecular weight excluding hydrogens is 244 g/mol. The van der Waals surface area contributed by atoms with Gasteiger partial charge in [0.25, 0.3) is 0 Å². The van der Waals surface area contributed by atoms with E-state index < -0.39 is 0 Å². The molecule has 0 radical (unpaired) electrons. The zero-order valence-corrected chi connectivity index (χ0v) is 11.9. The van der Waals surface area contributed by atoms with Crippen molar-refractivity contribution in [2.75, 3.05) is 6.61 Å². The normalized spacial score (nSPS) is 11.1. The van der Waals surface area contributed by atoms with Gasteiger partial charge in [0.2, 0.25) is 0 Å². The predicted molar refractivity (Wildman–Crippen MR) is 86.5 cm³/mol. The summed E-state index contributed by atoms with van der Waals surface area (Å²) >= 11 is 0. The molecular formula is C19H20O. The summed E-state index contributed by atoms with van der Waals surface area (Å²) in [6.45, 7) is 3.01. The van der Waals surface area contributed by atoms with E-state index in [1.165, 1.54) is 34.4 Å². The maximum Gasteiger partial charge on any atom is 0.134 e. The van der Waals surface area contributed by atoms with Gasteiger partial charge >= 0.3 is 0 Å². The number of hydrogen-bond donors (Lipinski definition) is 0. The van der Waals surface area contributed by atoms with E-state index in [2.05, 4.69) is 61.5 Å². The van der Waals surface area contributed by atoms with Gasteiger partial charge in [-0.15, -0.1) is 0 Å². The van der Waals surface area contributed by atoms with Gasteiger partial charge in [-0.1, -0.05) is 68.3 Å². The average Bonchev–Trinajstić information content (AvgIpc) is 2.50. The number of unbranched alkanes of at least 4 members (excludes halogenated alkanes) is 2. The molecule has 0 saturated carbocycles. The fourth-order valence-electron chi connectivity index (χ4n) is 2.65. The van der Waals surface area contributed by atoms with Crippen molar-refractivity contribution in [1.82, 2.24) is 0 Å². The molecule has 0 heterocycles. The summed E-state index contributed by atoms with van der Waals surface area (Å²) in [5.41, 5.74) is 0. The van der Waals surface area contributed by atoms with E-state index in [0.29, 0.717) is 0 Å². The molecule has 0 spiro atoms. The minimum Gasteiger partial charge on any atom is -0.492 e. The van der Waals surface area contributed by atoms with Crippen LogP contribution in [0.1, 0.15) is 26.2 Å². The quantitative estimate of drug-likeness (QED) is 0.433. The molecule has 3 rings (SSSR count). The van der Waals surface area contributed by atoms with Crippen molar-refractivity contribution in [3.63, 3.8) is 0 Å². The molecule has 102 valence electrons. The third kappa shape index (κ3) is 2.49. The van der Waals surface area contributed by atoms with Gasteiger partial charge in [0.1, 0.15) is 5.75 Å². The number of rotatable bonds is 5. The number of benzene rings is 3. The maximum absolute atomic E-state index is 6.13. The highest BCUT2D eigenvalue weighted by molar-refractivity contribution is 6.05. The molecule has 3 aromatic carbocycles. The Kier molecular flexibility index (Phi) is 3.87. The second-order valence-electron chi connectivity index (χ2n) is 5.20. The molecule has 0 aliphatic carbocycles. The van der Waals surface area contributed by atoms with Gasteiger partial charge in [-0.25, -0.2) is 0 Å². The summed E-state index contributed by atoms with van der Waals surface area (Å²) in [5.74, 6) is 1.04. The Bertz CT molecular complexity index is 661. The molecule has 0 atom stereocenters. The van der Waals surface area contributed by atoms with Crippen LogP contribution in [0, 0.1) is 0 Å². The van der Waals surface area contributed by atoms with Crippen LogP contribution in [0.25, 0.3) is 21.5 Å². The molecule has 1 nitrogen and oxygen atoms in total. The minimum absolute atomic E-state index is 0.797. The van der Waals surface area contributed by atoms with Gasteiger partial charge in [-0.3, -0.25) is 0 Å². The molecule has 0 amide bonds. The topological polar surface area (TPSA) is 9.23 Å². The Morgan fingerprint density at radius 2 is 1.40 bits per heavy atom. The highest BCUT2D eigenvalue weighted by atomic mass is 16.5. The molecule has 0 aromatic heterocycles. The van der Waals surface area contributed by atoms with Gasteiger partial charge in [0, 0.05) is 10.8 Å². The lowest BCUT2D eigenvalue weighted by atomic mass is 10.0. The first kappa shape index (κ1) is 13.0. The van der Waals surface area contributed by atoms with Crippen molar-refractivity contribution in [3.8, 4) is 5.75 Å². The van der Waals surface area contributed by atoms with Crippen molar-refractivity contribution in [2.24, 2.45) is 0 Å². The van der Waals surface area contributed by atoms with Crippen LogP contribution in [0.2, 0.25) is 0 Å². The third-order valence-electron chi connectivity index (χ3n) is 3.72. The molecule has 0 fully saturated rings. The summed E-state index contributed by atoms with van der Waals surface area (Å²) < 4.78 is 6.13. The minimum atomic E-state index is 0.797. The zero-order chi connectivity index (χ0) is 13.8. The van der Waals surface area contributed by atoms with Crippen molar-refractivity contribution < 1.29 is 4.74 Å². The molecule has 1 heteroatoms. The second-order valence-corrected chi connectivity index (χ2v) is 5.20. The van der Waals surface area contributed by atoms with E-state index in [1.807, 2.05) is 0 Å². The first-order valence-corrected chi connectivity index (χ1v) is 7.43. The number of fused-ring (bicyclic) bond motifs is 2. The Balaban J connectivity index is 2.08. The largest absolute Gasteiger partial charge is 0.492 e. The molecule has 20 heavy (non-hydrogen) atoms. The lowest BCUT2D eigenvalue weighted by Gasteiger charge is -2.13. The Morgan fingerprint density at radius 3 is 2.00 bits per heavy atom. The molecule has 0 aliphatic rings. The summed E-state index contributed by atoms with van der Waals surface area (Å²) in [4.78, 5) is 0. The Morgan fingerprint density at radius 1 is 0.800 bits per heavy atom. The first-order chi connectivity index (χ1) is 9.90. The van der Waals surface area contributed by atoms with Crippen LogP contribution in [-0.4, -0.2) is 6.61 Å². The van der Waals surface area contributed by atoms with E-state index in [9.17, 15) is 0 Å². The predicted octanol–water partition coefficient (Wildman–Crippen LogP) is 5.56. The summed E-state index contributed by atoms with van der Waals surface area (Å²) in [6, 6.07) is 19.2. The molecule has 0 bridgehead atoms. The van der Waals surface area contributed by atoms with Crippen LogP contribution in [0.4, 0.5) is 0 Å². The molecule has 0 N–H and O–H groups in total. The standard InChI is InChI=1S/C19H20O/c1-2-3-8-13-20-19-17-11-6-4-9-15(17)14-16-10-5-7-12-18(16)19/h4-7,9-12,14H,2-3,8,13H2,1H3. The van der Waals surface area contributed by atoms with Crippen molar-refractivity contribution in [2.45, 2.75) is 26.2 Å². The van der Waals surface area contributed by atoms with Crippen molar-refractivity contribution in [1.29, 1.82) is 0 Å². The van der Waals surface area contributed by atoms with Gasteiger partial charge in [-0.05, 0) is 23.3 Å². The van der Waals surface area contributed by atoms with Crippen LogP contribution in [-0.2, 0) is 0 Å². The van der Waals surface area contributed by atoms with Crippen LogP contribution >= 0.6 is 0 Å². The summed E-state index contributed by atoms with van der Waals surface area (Å²) in [5, 5.41) is 4.92. The van der Waals surface area contributed by atoms with Crippen LogP contribution in [0.15, 0.2) is 54.6 Å². The van der Waals surface area contributed by atoms with E-state index >= 15 is 0 Å². The van der Waals surface area contributed by atoms with Crippen molar-refractivity contribution >= 4 is 21.5 Å². The third-order valence-corrected chi connectivity index (χ3v) is 3.72. The fraction of sp³-hybridized carbons (Fsp3) is 0.263. The average molecular weight is 264 g/mol. The van der Waals surface area contributed by atoms with Crippen LogP contribution < -0.4 is 4.74 Å². The van der Waals surface area contributed by atoms with E-state index in [-0.39, 0.29) is 0 Å². The highest BCUT2D eigenvalue weighted by Gasteiger charge is 2.08. The highest BCUT2D eigenvalue weighted by Crippen LogP contribution is 2.34. The van der Waals surface area contributed by atoms with E-state index in [4.69, 9.17) is 4.74 Å². The zero-order valence-electron chi connectivity index (χ0n) is 11.9. The first-order valence-electron chi connectivity index (χ1n) is 7.43. The Hall–Kier alpha value is -2.02. The fourth-order valence-corrected chi connectivity index (χ4v) is 2.65. The molecule has 3 aromatic rings. The summed E-state index contributed by atoms with van der Waals surface area (Å²) in [6.07, 6.45) is 3.57. The SMILES string of the molecule is CCCCCOc1c2ccccc2cc2ccccc12. The lowest BCUT2D eigenvalue weighted by molar-refractivity contribution is 0.313. The van der Waals surface area contributed by atoms with Crippen LogP contribution in [0.5, 0.6) is 5.75 Å². The van der Waals surface area contributed by atoms with E-state index in [1.54, 1.807) is 0 Å². The van der Waals surface area contributed by atoms with Crippen molar-refractivity contribution in [3.05, 3.63) is 54.6 Å². The number of hydrogen-bond acceptors (Lipinski definition) is 1. The molecule has 0 saturated heterocycles. The van der Waals surface area contributed by atoms with Gasteiger partial charge in [0.05, 0.1) is 6.61 Å². The van der Waals surface area contributed by atoms with Gasteiger partial charge in [-0.2, -0.15) is 0 Å². The van der Waals surface area contributed by atoms with Gasteiger partial charge < -0.3 is 4.74 Å². The summed E-state index contributed by atoms with van der Waals surface area (Å²) in [7, 11) is 0. The number of ether oxygens (including phenoxy) is 1. The van der Waals surface area contributed by atoms with Gasteiger partial charge in [0.15, 0.2) is 0 Å². The lowest BCUT2D eigenvalue weighted by Crippen LogP contribution is -1.98. The van der Waals surface area contributed by atoms with Crippen LogP contribution in [0.3, 0.4) is 0 Å².